The third-order valence-corrected chi connectivity index (χ3v) is 4.73. The van der Waals surface area contributed by atoms with Crippen molar-refractivity contribution in [3.05, 3.63) is 0 Å². The van der Waals surface area contributed by atoms with E-state index in [1.165, 1.54) is 0 Å². The predicted octanol–water partition coefficient (Wildman–Crippen LogP) is -2.11. The number of Topliss-reactive ketones (excluding diaryl/α,β-unsaturated/α-hetero) is 2. The second-order valence-corrected chi connectivity index (χ2v) is 6.30. The standard InChI is InChI=1S/C14H26O8/c1-7(15)10(18)11(4,19)12(5,20)13(6,21)14(22,8(2)16)9(3)17/h8,10,16,18-22H,1-6H3. The third kappa shape index (κ3) is 2.70. The van der Waals surface area contributed by atoms with Crippen LogP contribution in [0.1, 0.15) is 41.5 Å². The van der Waals surface area contributed by atoms with Gasteiger partial charge in [-0.3, -0.25) is 9.59 Å². The fourth-order valence-corrected chi connectivity index (χ4v) is 2.57. The van der Waals surface area contributed by atoms with E-state index in [9.17, 15) is 40.2 Å². The summed E-state index contributed by atoms with van der Waals surface area (Å²) in [7, 11) is 0. The van der Waals surface area contributed by atoms with Crippen molar-refractivity contribution in [2.24, 2.45) is 0 Å². The Kier molecular flexibility index (Phi) is 5.71. The zero-order chi connectivity index (χ0) is 18.3. The largest absolute Gasteiger partial charge is 0.390 e. The molecular weight excluding hydrogens is 296 g/mol. The summed E-state index contributed by atoms with van der Waals surface area (Å²) in [6.07, 6.45) is -3.91. The van der Waals surface area contributed by atoms with E-state index < -0.39 is 46.2 Å². The highest BCUT2D eigenvalue weighted by Gasteiger charge is 2.68. The van der Waals surface area contributed by atoms with Crippen molar-refractivity contribution in [2.75, 3.05) is 0 Å². The fraction of sp³-hybridized carbons (Fsp3) is 0.857. The Balaban J connectivity index is 6.27. The van der Waals surface area contributed by atoms with Crippen LogP contribution in [-0.2, 0) is 9.59 Å². The smallest absolute Gasteiger partial charge is 0.179 e. The molecule has 0 saturated carbocycles. The van der Waals surface area contributed by atoms with Crippen LogP contribution in [0.25, 0.3) is 0 Å². The summed E-state index contributed by atoms with van der Waals surface area (Å²) in [6.45, 7) is 5.39. The predicted molar refractivity (Wildman–Crippen MR) is 75.9 cm³/mol. The molecule has 0 amide bonds. The molecule has 0 aromatic rings. The average Bonchev–Trinajstić information content (AvgIpc) is 2.34. The summed E-state index contributed by atoms with van der Waals surface area (Å²) in [5.74, 6) is -1.97. The number of hydrogen-bond donors (Lipinski definition) is 6. The first-order chi connectivity index (χ1) is 9.49. The first kappa shape index (κ1) is 21.1. The van der Waals surface area contributed by atoms with Gasteiger partial charge in [0.15, 0.2) is 17.2 Å². The molecule has 8 heteroatoms. The summed E-state index contributed by atoms with van der Waals surface area (Å²) < 4.78 is 0. The molecule has 0 aromatic carbocycles. The molecule has 130 valence electrons. The monoisotopic (exact) mass is 322 g/mol. The van der Waals surface area contributed by atoms with Crippen molar-refractivity contribution in [1.82, 2.24) is 0 Å². The minimum absolute atomic E-state index is 0.822. The Labute approximate surface area is 129 Å². The Morgan fingerprint density at radius 3 is 1.45 bits per heavy atom. The maximum absolute atomic E-state index is 11.7. The van der Waals surface area contributed by atoms with Gasteiger partial charge in [0.1, 0.15) is 22.9 Å². The van der Waals surface area contributed by atoms with E-state index >= 15 is 0 Å². The molecular formula is C14H26O8. The Morgan fingerprint density at radius 1 is 0.864 bits per heavy atom. The highest BCUT2D eigenvalue weighted by Crippen LogP contribution is 2.43. The van der Waals surface area contributed by atoms with Crippen molar-refractivity contribution in [1.29, 1.82) is 0 Å². The van der Waals surface area contributed by atoms with Gasteiger partial charge in [0.05, 0.1) is 6.10 Å². The molecule has 6 unspecified atom stereocenters. The normalized spacial score (nSPS) is 25.8. The SMILES string of the molecule is CC(=O)C(O)C(C)(O)C(C)(O)C(C)(O)C(O)(C(C)=O)C(C)O. The van der Waals surface area contributed by atoms with Crippen molar-refractivity contribution < 1.29 is 40.2 Å². The Bertz CT molecular complexity index is 452. The molecule has 0 aliphatic carbocycles. The number of ketones is 2. The molecule has 0 spiro atoms. The van der Waals surface area contributed by atoms with Crippen molar-refractivity contribution in [2.45, 2.75) is 76.2 Å². The molecule has 6 N–H and O–H groups in total. The van der Waals surface area contributed by atoms with Crippen LogP contribution in [0.3, 0.4) is 0 Å². The van der Waals surface area contributed by atoms with Gasteiger partial charge in [0, 0.05) is 0 Å². The van der Waals surface area contributed by atoms with Crippen molar-refractivity contribution in [3.8, 4) is 0 Å². The second kappa shape index (κ2) is 5.95. The first-order valence-corrected chi connectivity index (χ1v) is 6.76. The Hall–Kier alpha value is -0.900. The van der Waals surface area contributed by atoms with Gasteiger partial charge in [0.2, 0.25) is 0 Å². The Morgan fingerprint density at radius 2 is 1.23 bits per heavy atom. The highest BCUT2D eigenvalue weighted by molar-refractivity contribution is 5.87. The zero-order valence-electron chi connectivity index (χ0n) is 13.7. The van der Waals surface area contributed by atoms with E-state index in [1.807, 2.05) is 0 Å². The van der Waals surface area contributed by atoms with Gasteiger partial charge in [-0.15, -0.1) is 0 Å². The number of aliphatic hydroxyl groups excluding tert-OH is 2. The van der Waals surface area contributed by atoms with Crippen LogP contribution in [0, 0.1) is 0 Å². The first-order valence-electron chi connectivity index (χ1n) is 6.76. The number of rotatable bonds is 7. The molecule has 0 bridgehead atoms. The third-order valence-electron chi connectivity index (χ3n) is 4.73. The van der Waals surface area contributed by atoms with Crippen molar-refractivity contribution in [3.63, 3.8) is 0 Å². The van der Waals surface area contributed by atoms with Gasteiger partial charge < -0.3 is 30.6 Å². The van der Waals surface area contributed by atoms with E-state index in [2.05, 4.69) is 0 Å². The quantitative estimate of drug-likeness (QED) is 0.311. The molecule has 6 atom stereocenters. The van der Waals surface area contributed by atoms with E-state index in [0.29, 0.717) is 0 Å². The number of aliphatic hydroxyl groups is 6. The topological polar surface area (TPSA) is 156 Å². The van der Waals surface area contributed by atoms with E-state index in [0.717, 1.165) is 41.5 Å². The van der Waals surface area contributed by atoms with E-state index in [-0.39, 0.29) is 0 Å². The van der Waals surface area contributed by atoms with Crippen LogP contribution in [-0.4, -0.2) is 76.8 Å². The molecule has 0 aliphatic heterocycles. The zero-order valence-corrected chi connectivity index (χ0v) is 13.7. The number of hydrogen-bond acceptors (Lipinski definition) is 8. The summed E-state index contributed by atoms with van der Waals surface area (Å²) in [5.41, 5.74) is -11.0. The van der Waals surface area contributed by atoms with Gasteiger partial charge in [-0.2, -0.15) is 0 Å². The van der Waals surface area contributed by atoms with Gasteiger partial charge >= 0.3 is 0 Å². The summed E-state index contributed by atoms with van der Waals surface area (Å²) in [6, 6.07) is 0. The summed E-state index contributed by atoms with van der Waals surface area (Å²) in [5, 5.41) is 61.5. The molecule has 0 heterocycles. The van der Waals surface area contributed by atoms with Gasteiger partial charge in [-0.05, 0) is 41.5 Å². The molecule has 0 aromatic heterocycles. The molecule has 0 aliphatic rings. The summed E-state index contributed by atoms with van der Waals surface area (Å²) >= 11 is 0. The van der Waals surface area contributed by atoms with Crippen LogP contribution < -0.4 is 0 Å². The lowest BCUT2D eigenvalue weighted by molar-refractivity contribution is -0.302. The molecule has 8 nitrogen and oxygen atoms in total. The van der Waals surface area contributed by atoms with Crippen molar-refractivity contribution >= 4 is 11.6 Å². The second-order valence-electron chi connectivity index (χ2n) is 6.30. The highest BCUT2D eigenvalue weighted by atomic mass is 16.4. The average molecular weight is 322 g/mol. The van der Waals surface area contributed by atoms with Crippen LogP contribution in [0.4, 0.5) is 0 Å². The number of carbonyl (C=O) groups is 2. The lowest BCUT2D eigenvalue weighted by atomic mass is 9.61. The molecule has 22 heavy (non-hydrogen) atoms. The number of carbonyl (C=O) groups excluding carboxylic acids is 2. The van der Waals surface area contributed by atoms with Crippen LogP contribution >= 0.6 is 0 Å². The van der Waals surface area contributed by atoms with E-state index in [4.69, 9.17) is 0 Å². The summed E-state index contributed by atoms with van der Waals surface area (Å²) in [4.78, 5) is 23.0. The van der Waals surface area contributed by atoms with Gasteiger partial charge in [-0.25, -0.2) is 0 Å². The minimum Gasteiger partial charge on any atom is -0.390 e. The minimum atomic E-state index is -2.85. The van der Waals surface area contributed by atoms with Gasteiger partial charge in [0.25, 0.3) is 0 Å². The van der Waals surface area contributed by atoms with Crippen LogP contribution in [0.5, 0.6) is 0 Å². The van der Waals surface area contributed by atoms with Crippen LogP contribution in [0.2, 0.25) is 0 Å². The maximum Gasteiger partial charge on any atom is 0.179 e. The van der Waals surface area contributed by atoms with E-state index in [1.54, 1.807) is 0 Å². The lowest BCUT2D eigenvalue weighted by Gasteiger charge is -2.54. The molecule has 0 fully saturated rings. The lowest BCUT2D eigenvalue weighted by Crippen LogP contribution is -2.79. The maximum atomic E-state index is 11.7. The van der Waals surface area contributed by atoms with Gasteiger partial charge in [-0.1, -0.05) is 0 Å². The molecule has 0 rings (SSSR count). The molecule has 0 radical (unpaired) electrons. The fourth-order valence-electron chi connectivity index (χ4n) is 2.57. The van der Waals surface area contributed by atoms with Crippen LogP contribution in [0.15, 0.2) is 0 Å². The molecule has 0 saturated heterocycles.